The van der Waals surface area contributed by atoms with Crippen molar-refractivity contribution in [2.24, 2.45) is 0 Å². The third-order valence-electron chi connectivity index (χ3n) is 3.77. The summed E-state index contributed by atoms with van der Waals surface area (Å²) >= 11 is 0. The van der Waals surface area contributed by atoms with Gasteiger partial charge in [-0.1, -0.05) is 18.2 Å². The first-order valence-electron chi connectivity index (χ1n) is 7.14. The van der Waals surface area contributed by atoms with Crippen LogP contribution in [0.5, 0.6) is 5.75 Å². The number of aromatic nitrogens is 1. The Hall–Kier alpha value is -1.81. The molecule has 1 aromatic carbocycles. The molecule has 2 aromatic rings. The van der Waals surface area contributed by atoms with Gasteiger partial charge in [0.2, 0.25) is 0 Å². The smallest absolute Gasteiger partial charge is 0.198 e. The highest BCUT2D eigenvalue weighted by molar-refractivity contribution is 5.35. The van der Waals surface area contributed by atoms with E-state index in [1.54, 1.807) is 7.11 Å². The second kappa shape index (κ2) is 6.09. The number of oxazole rings is 1. The molecule has 20 heavy (non-hydrogen) atoms. The van der Waals surface area contributed by atoms with E-state index in [0.717, 1.165) is 48.9 Å². The van der Waals surface area contributed by atoms with Crippen molar-refractivity contribution in [3.05, 3.63) is 47.7 Å². The predicted octanol–water partition coefficient (Wildman–Crippen LogP) is 2.74. The Morgan fingerprint density at radius 3 is 3.10 bits per heavy atom. The van der Waals surface area contributed by atoms with Crippen LogP contribution >= 0.6 is 0 Å². The quantitative estimate of drug-likeness (QED) is 0.929. The molecular formula is C16H20N2O2. The fraction of sp³-hybridized carbons (Fsp3) is 0.438. The summed E-state index contributed by atoms with van der Waals surface area (Å²) in [6.45, 7) is 2.07. The van der Waals surface area contributed by atoms with E-state index in [9.17, 15) is 0 Å². The van der Waals surface area contributed by atoms with Crippen molar-refractivity contribution in [3.8, 4) is 5.75 Å². The van der Waals surface area contributed by atoms with Crippen molar-refractivity contribution < 1.29 is 9.15 Å². The first-order valence-corrected chi connectivity index (χ1v) is 7.14. The third kappa shape index (κ3) is 2.85. The van der Waals surface area contributed by atoms with E-state index in [2.05, 4.69) is 16.4 Å². The Balaban J connectivity index is 1.73. The lowest BCUT2D eigenvalue weighted by Gasteiger charge is -2.19. The number of ether oxygens (including phenoxy) is 1. The van der Waals surface area contributed by atoms with Crippen LogP contribution < -0.4 is 10.1 Å². The minimum Gasteiger partial charge on any atom is -0.496 e. The second-order valence-corrected chi connectivity index (χ2v) is 5.20. The maximum absolute atomic E-state index is 5.92. The maximum atomic E-state index is 5.92. The number of nitrogens with zero attached hydrogens (tertiary/aromatic N) is 1. The van der Waals surface area contributed by atoms with Crippen LogP contribution in [0.2, 0.25) is 0 Å². The van der Waals surface area contributed by atoms with Crippen molar-refractivity contribution in [1.29, 1.82) is 0 Å². The average molecular weight is 272 g/mol. The van der Waals surface area contributed by atoms with Gasteiger partial charge in [-0.3, -0.25) is 0 Å². The van der Waals surface area contributed by atoms with Crippen LogP contribution in [-0.2, 0) is 6.42 Å². The highest BCUT2D eigenvalue weighted by atomic mass is 16.5. The standard InChI is InChI=1S/C16H20N2O2/c1-19-15-7-3-2-5-12(15)9-14-11-18-16(20-14)13-6-4-8-17-10-13/h2-3,5,7,11,13,17H,4,6,8-10H2,1H3/t13-/m0/s1. The van der Waals surface area contributed by atoms with Gasteiger partial charge in [0.1, 0.15) is 11.5 Å². The summed E-state index contributed by atoms with van der Waals surface area (Å²) in [5, 5.41) is 3.39. The van der Waals surface area contributed by atoms with E-state index >= 15 is 0 Å². The van der Waals surface area contributed by atoms with E-state index in [0.29, 0.717) is 5.92 Å². The molecule has 0 aliphatic carbocycles. The molecule has 3 rings (SSSR count). The summed E-state index contributed by atoms with van der Waals surface area (Å²) in [5.41, 5.74) is 1.12. The van der Waals surface area contributed by atoms with Crippen molar-refractivity contribution in [3.63, 3.8) is 0 Å². The van der Waals surface area contributed by atoms with E-state index in [4.69, 9.17) is 9.15 Å². The van der Waals surface area contributed by atoms with E-state index < -0.39 is 0 Å². The Morgan fingerprint density at radius 1 is 1.40 bits per heavy atom. The SMILES string of the molecule is COc1ccccc1Cc1cnc([C@H]2CCCNC2)o1. The topological polar surface area (TPSA) is 47.3 Å². The number of hydrogen-bond donors (Lipinski definition) is 1. The van der Waals surface area contributed by atoms with Gasteiger partial charge >= 0.3 is 0 Å². The minimum absolute atomic E-state index is 0.412. The molecule has 1 aliphatic heterocycles. The lowest BCUT2D eigenvalue weighted by Crippen LogP contribution is -2.28. The lowest BCUT2D eigenvalue weighted by atomic mass is 10.00. The number of hydrogen-bond acceptors (Lipinski definition) is 4. The highest BCUT2D eigenvalue weighted by Crippen LogP contribution is 2.25. The summed E-state index contributed by atoms with van der Waals surface area (Å²) in [4.78, 5) is 4.44. The van der Waals surface area contributed by atoms with Gasteiger partial charge in [-0.15, -0.1) is 0 Å². The first kappa shape index (κ1) is 13.2. The zero-order valence-corrected chi connectivity index (χ0v) is 11.8. The summed E-state index contributed by atoms with van der Waals surface area (Å²) < 4.78 is 11.3. The molecule has 0 unspecified atom stereocenters. The maximum Gasteiger partial charge on any atom is 0.198 e. The molecular weight excluding hydrogens is 252 g/mol. The molecule has 1 atom stereocenters. The number of para-hydroxylation sites is 1. The fourth-order valence-corrected chi connectivity index (χ4v) is 2.69. The average Bonchev–Trinajstić information content (AvgIpc) is 2.97. The second-order valence-electron chi connectivity index (χ2n) is 5.20. The van der Waals surface area contributed by atoms with Gasteiger partial charge in [0.15, 0.2) is 5.89 Å². The predicted molar refractivity (Wildman–Crippen MR) is 77.1 cm³/mol. The normalized spacial score (nSPS) is 18.9. The zero-order chi connectivity index (χ0) is 13.8. The van der Waals surface area contributed by atoms with Gasteiger partial charge in [0.25, 0.3) is 0 Å². The number of methoxy groups -OCH3 is 1. The molecule has 1 saturated heterocycles. The van der Waals surface area contributed by atoms with Crippen LogP contribution in [0, 0.1) is 0 Å². The van der Waals surface area contributed by atoms with E-state index in [1.807, 2.05) is 24.4 Å². The number of piperidine rings is 1. The molecule has 4 nitrogen and oxygen atoms in total. The molecule has 0 spiro atoms. The van der Waals surface area contributed by atoms with Crippen LogP contribution in [0.4, 0.5) is 0 Å². The monoisotopic (exact) mass is 272 g/mol. The first-order chi connectivity index (χ1) is 9.86. The van der Waals surface area contributed by atoms with Crippen molar-refractivity contribution in [2.75, 3.05) is 20.2 Å². The largest absolute Gasteiger partial charge is 0.496 e. The van der Waals surface area contributed by atoms with Crippen LogP contribution in [0.15, 0.2) is 34.9 Å². The third-order valence-corrected chi connectivity index (χ3v) is 3.77. The minimum atomic E-state index is 0.412. The van der Waals surface area contributed by atoms with E-state index in [-0.39, 0.29) is 0 Å². The van der Waals surface area contributed by atoms with Gasteiger partial charge in [0.05, 0.1) is 13.3 Å². The molecule has 2 heterocycles. The number of benzene rings is 1. The number of rotatable bonds is 4. The molecule has 1 fully saturated rings. The van der Waals surface area contributed by atoms with Crippen LogP contribution in [-0.4, -0.2) is 25.2 Å². The molecule has 4 heteroatoms. The summed E-state index contributed by atoms with van der Waals surface area (Å²) in [7, 11) is 1.69. The highest BCUT2D eigenvalue weighted by Gasteiger charge is 2.20. The van der Waals surface area contributed by atoms with Gasteiger partial charge in [0, 0.05) is 24.4 Å². The Labute approximate surface area is 119 Å². The van der Waals surface area contributed by atoms with Crippen LogP contribution in [0.1, 0.15) is 36.0 Å². The Morgan fingerprint density at radius 2 is 2.30 bits per heavy atom. The fourth-order valence-electron chi connectivity index (χ4n) is 2.69. The molecule has 0 radical (unpaired) electrons. The Kier molecular flexibility index (Phi) is 4.02. The summed E-state index contributed by atoms with van der Waals surface area (Å²) in [6.07, 6.45) is 4.91. The molecule has 1 N–H and O–H groups in total. The van der Waals surface area contributed by atoms with Crippen molar-refractivity contribution >= 4 is 0 Å². The van der Waals surface area contributed by atoms with Crippen molar-refractivity contribution in [2.45, 2.75) is 25.2 Å². The van der Waals surface area contributed by atoms with E-state index in [1.165, 1.54) is 6.42 Å². The summed E-state index contributed by atoms with van der Waals surface area (Å²) in [6, 6.07) is 8.02. The van der Waals surface area contributed by atoms with Crippen molar-refractivity contribution in [1.82, 2.24) is 10.3 Å². The molecule has 0 bridgehead atoms. The molecule has 0 amide bonds. The van der Waals surface area contributed by atoms with Gasteiger partial charge in [-0.05, 0) is 25.5 Å². The summed E-state index contributed by atoms with van der Waals surface area (Å²) in [5.74, 6) is 3.07. The molecule has 1 aliphatic rings. The van der Waals surface area contributed by atoms with Crippen LogP contribution in [0.3, 0.4) is 0 Å². The van der Waals surface area contributed by atoms with Gasteiger partial charge in [-0.25, -0.2) is 4.98 Å². The van der Waals surface area contributed by atoms with Gasteiger partial charge in [-0.2, -0.15) is 0 Å². The number of nitrogens with one attached hydrogen (secondary N) is 1. The van der Waals surface area contributed by atoms with Gasteiger partial charge < -0.3 is 14.5 Å². The molecule has 1 aromatic heterocycles. The molecule has 106 valence electrons. The van der Waals surface area contributed by atoms with Crippen LogP contribution in [0.25, 0.3) is 0 Å². The molecule has 0 saturated carbocycles. The zero-order valence-electron chi connectivity index (χ0n) is 11.8. The lowest BCUT2D eigenvalue weighted by molar-refractivity contribution is 0.364. The Bertz CT molecular complexity index is 559.